The second-order valence-electron chi connectivity index (χ2n) is 5.38. The van der Waals surface area contributed by atoms with Crippen LogP contribution in [0.15, 0.2) is 14.7 Å². The first-order chi connectivity index (χ1) is 9.44. The first-order valence-electron chi connectivity index (χ1n) is 6.82. The maximum absolute atomic E-state index is 12.3. The molecule has 2 rings (SSSR count). The lowest BCUT2D eigenvalue weighted by atomic mass is 9.81. The molecule has 2 atom stereocenters. The van der Waals surface area contributed by atoms with E-state index in [2.05, 4.69) is 27.6 Å². The molecule has 0 spiro atoms. The highest BCUT2D eigenvalue weighted by Gasteiger charge is 2.25. The fourth-order valence-electron chi connectivity index (χ4n) is 2.65. The maximum Gasteiger partial charge on any atom is 0.242 e. The number of thiophene rings is 1. The average Bonchev–Trinajstić information content (AvgIpc) is 2.80. The van der Waals surface area contributed by atoms with Crippen molar-refractivity contribution in [2.24, 2.45) is 11.8 Å². The summed E-state index contributed by atoms with van der Waals surface area (Å²) in [5.74, 6) is 0.999. The van der Waals surface area contributed by atoms with Gasteiger partial charge in [-0.1, -0.05) is 26.2 Å². The third-order valence-corrected chi connectivity index (χ3v) is 7.64. The summed E-state index contributed by atoms with van der Waals surface area (Å²) in [7, 11) is -3.50. The van der Waals surface area contributed by atoms with Crippen molar-refractivity contribution in [3.8, 4) is 0 Å². The summed E-state index contributed by atoms with van der Waals surface area (Å²) in [4.78, 5) is 0.873. The SMILES string of the molecule is CC1CCCCC1CNS(=O)(=O)c1cc(CO)sc1Br. The molecule has 4 nitrogen and oxygen atoms in total. The molecule has 1 saturated carbocycles. The summed E-state index contributed by atoms with van der Waals surface area (Å²) in [5.41, 5.74) is 0. The number of aliphatic hydroxyl groups excluding tert-OH is 1. The van der Waals surface area contributed by atoms with E-state index in [1.165, 1.54) is 36.7 Å². The van der Waals surface area contributed by atoms with Crippen molar-refractivity contribution >= 4 is 37.3 Å². The molecule has 1 aromatic heterocycles. The minimum absolute atomic E-state index is 0.140. The lowest BCUT2D eigenvalue weighted by molar-refractivity contribution is 0.257. The Hall–Kier alpha value is 0.0500. The first-order valence-corrected chi connectivity index (χ1v) is 9.92. The lowest BCUT2D eigenvalue weighted by Crippen LogP contribution is -2.33. The highest BCUT2D eigenvalue weighted by atomic mass is 79.9. The molecule has 20 heavy (non-hydrogen) atoms. The highest BCUT2D eigenvalue weighted by molar-refractivity contribution is 9.11. The van der Waals surface area contributed by atoms with Crippen molar-refractivity contribution in [2.75, 3.05) is 6.54 Å². The Morgan fingerprint density at radius 3 is 2.75 bits per heavy atom. The molecule has 2 unspecified atom stereocenters. The van der Waals surface area contributed by atoms with Gasteiger partial charge in [-0.05, 0) is 40.3 Å². The van der Waals surface area contributed by atoms with Crippen molar-refractivity contribution < 1.29 is 13.5 Å². The van der Waals surface area contributed by atoms with Gasteiger partial charge in [0.25, 0.3) is 0 Å². The molecule has 2 N–H and O–H groups in total. The molecular formula is C13H20BrNO3S2. The molecule has 1 aliphatic carbocycles. The second kappa shape index (κ2) is 6.87. The molecule has 7 heteroatoms. The number of sulfonamides is 1. The lowest BCUT2D eigenvalue weighted by Gasteiger charge is -2.28. The van der Waals surface area contributed by atoms with E-state index in [1.54, 1.807) is 0 Å². The van der Waals surface area contributed by atoms with Gasteiger partial charge in [0.2, 0.25) is 10.0 Å². The van der Waals surface area contributed by atoms with Gasteiger partial charge in [0.1, 0.15) is 4.90 Å². The molecule has 0 radical (unpaired) electrons. The average molecular weight is 382 g/mol. The van der Waals surface area contributed by atoms with Gasteiger partial charge in [-0.3, -0.25) is 0 Å². The van der Waals surface area contributed by atoms with Crippen LogP contribution in [0.4, 0.5) is 0 Å². The van der Waals surface area contributed by atoms with Gasteiger partial charge in [0.05, 0.1) is 10.4 Å². The number of rotatable bonds is 5. The van der Waals surface area contributed by atoms with Crippen LogP contribution in [0.3, 0.4) is 0 Å². The van der Waals surface area contributed by atoms with Crippen LogP contribution < -0.4 is 4.72 Å². The van der Waals surface area contributed by atoms with E-state index in [0.29, 0.717) is 27.0 Å². The molecule has 0 aliphatic heterocycles. The zero-order valence-corrected chi connectivity index (χ0v) is 14.7. The van der Waals surface area contributed by atoms with Gasteiger partial charge in [0, 0.05) is 11.4 Å². The topological polar surface area (TPSA) is 66.4 Å². The maximum atomic E-state index is 12.3. The summed E-state index contributed by atoms with van der Waals surface area (Å²) in [6, 6.07) is 1.53. The quantitative estimate of drug-likeness (QED) is 0.823. The van der Waals surface area contributed by atoms with Crippen LogP contribution >= 0.6 is 27.3 Å². The Morgan fingerprint density at radius 1 is 1.45 bits per heavy atom. The van der Waals surface area contributed by atoms with Gasteiger partial charge in [-0.25, -0.2) is 13.1 Å². The number of nitrogens with one attached hydrogen (secondary N) is 1. The number of hydrogen-bond donors (Lipinski definition) is 2. The number of hydrogen-bond acceptors (Lipinski definition) is 4. The van der Waals surface area contributed by atoms with Crippen molar-refractivity contribution in [1.82, 2.24) is 4.72 Å². The number of halogens is 1. The predicted molar refractivity (Wildman–Crippen MR) is 84.3 cm³/mol. The Labute approximate surface area is 132 Å². The van der Waals surface area contributed by atoms with E-state index >= 15 is 0 Å². The van der Waals surface area contributed by atoms with E-state index in [0.717, 1.165) is 6.42 Å². The Kier molecular flexibility index (Phi) is 5.64. The van der Waals surface area contributed by atoms with Crippen LogP contribution in [0.1, 0.15) is 37.5 Å². The van der Waals surface area contributed by atoms with E-state index in [1.807, 2.05) is 0 Å². The van der Waals surface area contributed by atoms with Gasteiger partial charge in [-0.2, -0.15) is 0 Å². The van der Waals surface area contributed by atoms with Crippen molar-refractivity contribution in [1.29, 1.82) is 0 Å². The molecular weight excluding hydrogens is 362 g/mol. The van der Waals surface area contributed by atoms with Gasteiger partial charge >= 0.3 is 0 Å². The summed E-state index contributed by atoms with van der Waals surface area (Å²) in [6.07, 6.45) is 4.72. The zero-order valence-electron chi connectivity index (χ0n) is 11.4. The van der Waals surface area contributed by atoms with Crippen LogP contribution in [0.2, 0.25) is 0 Å². The fourth-order valence-corrected chi connectivity index (χ4v) is 6.28. The van der Waals surface area contributed by atoms with E-state index < -0.39 is 10.0 Å². The van der Waals surface area contributed by atoms with E-state index in [9.17, 15) is 8.42 Å². The third kappa shape index (κ3) is 3.82. The molecule has 0 bridgehead atoms. The minimum atomic E-state index is -3.50. The smallest absolute Gasteiger partial charge is 0.242 e. The van der Waals surface area contributed by atoms with Crippen molar-refractivity contribution in [3.63, 3.8) is 0 Å². The minimum Gasteiger partial charge on any atom is -0.391 e. The number of aliphatic hydroxyl groups is 1. The molecule has 1 aromatic rings. The normalized spacial score (nSPS) is 23.9. The van der Waals surface area contributed by atoms with Crippen LogP contribution in [0.25, 0.3) is 0 Å². The highest BCUT2D eigenvalue weighted by Crippen LogP contribution is 2.33. The van der Waals surface area contributed by atoms with Crippen molar-refractivity contribution in [3.05, 3.63) is 14.7 Å². The van der Waals surface area contributed by atoms with Crippen LogP contribution in [-0.4, -0.2) is 20.1 Å². The van der Waals surface area contributed by atoms with E-state index in [-0.39, 0.29) is 11.5 Å². The molecule has 0 aromatic carbocycles. The van der Waals surface area contributed by atoms with Gasteiger partial charge in [0.15, 0.2) is 0 Å². The summed E-state index contributed by atoms with van der Waals surface area (Å²) < 4.78 is 27.9. The third-order valence-electron chi connectivity index (χ3n) is 3.98. The molecule has 114 valence electrons. The van der Waals surface area contributed by atoms with Crippen LogP contribution in [0.5, 0.6) is 0 Å². The zero-order chi connectivity index (χ0) is 14.8. The molecule has 0 saturated heterocycles. The standard InChI is InChI=1S/C13H20BrNO3S2/c1-9-4-2-3-5-10(9)7-15-20(17,18)12-6-11(8-16)19-13(12)14/h6,9-10,15-16H,2-5,7-8H2,1H3. The Bertz CT molecular complexity index is 556. The van der Waals surface area contributed by atoms with Crippen LogP contribution in [-0.2, 0) is 16.6 Å². The molecule has 1 heterocycles. The summed E-state index contributed by atoms with van der Waals surface area (Å²) >= 11 is 4.51. The fraction of sp³-hybridized carbons (Fsp3) is 0.692. The largest absolute Gasteiger partial charge is 0.391 e. The Morgan fingerprint density at radius 2 is 2.15 bits per heavy atom. The summed E-state index contributed by atoms with van der Waals surface area (Å²) in [5, 5.41) is 9.08. The Balaban J connectivity index is 2.05. The first kappa shape index (κ1) is 16.4. The van der Waals surface area contributed by atoms with Crippen LogP contribution in [0, 0.1) is 11.8 Å². The molecule has 0 amide bonds. The van der Waals surface area contributed by atoms with Crippen molar-refractivity contribution in [2.45, 2.75) is 44.1 Å². The second-order valence-corrected chi connectivity index (χ2v) is 9.57. The predicted octanol–water partition coefficient (Wildman–Crippen LogP) is 3.11. The molecule has 1 aliphatic rings. The van der Waals surface area contributed by atoms with Gasteiger partial charge in [-0.15, -0.1) is 11.3 Å². The summed E-state index contributed by atoms with van der Waals surface area (Å²) in [6.45, 7) is 2.56. The monoisotopic (exact) mass is 381 g/mol. The van der Waals surface area contributed by atoms with Gasteiger partial charge < -0.3 is 5.11 Å². The molecule has 1 fully saturated rings. The van der Waals surface area contributed by atoms with E-state index in [4.69, 9.17) is 5.11 Å².